The van der Waals surface area contributed by atoms with E-state index >= 15 is 0 Å². The summed E-state index contributed by atoms with van der Waals surface area (Å²) in [5.74, 6) is 1.71. The van der Waals surface area contributed by atoms with Gasteiger partial charge in [-0.3, -0.25) is 4.90 Å². The molecule has 0 radical (unpaired) electrons. The van der Waals surface area contributed by atoms with E-state index in [4.69, 9.17) is 3.07 Å². The minimum absolute atomic E-state index is 0.350. The Balaban J connectivity index is 1.59. The van der Waals surface area contributed by atoms with Crippen molar-refractivity contribution < 1.29 is 8.17 Å². The van der Waals surface area contributed by atoms with Crippen molar-refractivity contribution >= 4 is 23.0 Å². The fourth-order valence-electron chi connectivity index (χ4n) is 3.16. The number of piperidine rings is 1. The van der Waals surface area contributed by atoms with E-state index in [1.807, 2.05) is 23.0 Å². The second-order valence-corrected chi connectivity index (χ2v) is 6.22. The Labute approximate surface area is 105 Å². The maximum Gasteiger partial charge on any atom is 0.109 e. The van der Waals surface area contributed by atoms with Gasteiger partial charge >= 0.3 is 0 Å². The van der Waals surface area contributed by atoms with Gasteiger partial charge in [0, 0.05) is 24.5 Å². The first-order chi connectivity index (χ1) is 7.28. The van der Waals surface area contributed by atoms with Crippen molar-refractivity contribution in [3.05, 3.63) is 0 Å². The molecule has 0 aromatic rings. The number of likely N-dealkylation sites (tertiary alicyclic amines) is 1. The van der Waals surface area contributed by atoms with Crippen molar-refractivity contribution in [2.45, 2.75) is 25.3 Å². The van der Waals surface area contributed by atoms with E-state index in [1.165, 1.54) is 25.8 Å². The van der Waals surface area contributed by atoms with Crippen molar-refractivity contribution in [1.29, 1.82) is 0 Å². The standard InChI is InChI=1S/C11H18INO2/c12-15-7-11(1-2-11)6-13-4-8-3-9(8)10(13)5-14/h8-10,14H,1-7H2. The topological polar surface area (TPSA) is 32.7 Å². The normalized spacial score (nSPS) is 41.6. The van der Waals surface area contributed by atoms with Crippen LogP contribution in [0.4, 0.5) is 0 Å². The maximum absolute atomic E-state index is 9.41. The van der Waals surface area contributed by atoms with Gasteiger partial charge in [-0.05, 0) is 31.1 Å². The third-order valence-electron chi connectivity index (χ3n) is 4.45. The molecule has 2 aliphatic carbocycles. The SMILES string of the molecule is OCC1C2CC2CN1CC1(COI)CC1. The molecule has 3 nitrogen and oxygen atoms in total. The van der Waals surface area contributed by atoms with Crippen LogP contribution in [0.2, 0.25) is 0 Å². The molecule has 3 fully saturated rings. The Bertz CT molecular complexity index is 257. The van der Waals surface area contributed by atoms with Crippen LogP contribution in [0.5, 0.6) is 0 Å². The molecule has 1 aliphatic heterocycles. The second-order valence-electron chi connectivity index (χ2n) is 5.59. The van der Waals surface area contributed by atoms with Crippen LogP contribution in [-0.4, -0.2) is 42.4 Å². The number of halogens is 1. The summed E-state index contributed by atoms with van der Waals surface area (Å²) in [5.41, 5.74) is 0.436. The van der Waals surface area contributed by atoms with Crippen LogP contribution in [0.25, 0.3) is 0 Å². The van der Waals surface area contributed by atoms with Crippen molar-refractivity contribution in [2.75, 3.05) is 26.3 Å². The van der Waals surface area contributed by atoms with Gasteiger partial charge in [0.1, 0.15) is 23.0 Å². The third kappa shape index (κ3) is 1.94. The molecule has 0 amide bonds. The van der Waals surface area contributed by atoms with E-state index in [0.29, 0.717) is 18.1 Å². The average Bonchev–Trinajstić information content (AvgIpc) is 3.09. The Morgan fingerprint density at radius 2 is 2.27 bits per heavy atom. The van der Waals surface area contributed by atoms with Gasteiger partial charge in [0.2, 0.25) is 0 Å². The maximum atomic E-state index is 9.41. The van der Waals surface area contributed by atoms with Gasteiger partial charge in [0.25, 0.3) is 0 Å². The van der Waals surface area contributed by atoms with Gasteiger partial charge in [0.15, 0.2) is 0 Å². The zero-order valence-corrected chi connectivity index (χ0v) is 11.0. The Kier molecular flexibility index (Phi) is 2.74. The predicted molar refractivity (Wildman–Crippen MR) is 65.7 cm³/mol. The van der Waals surface area contributed by atoms with E-state index in [-0.39, 0.29) is 0 Å². The zero-order chi connectivity index (χ0) is 10.5. The lowest BCUT2D eigenvalue weighted by molar-refractivity contribution is 0.106. The van der Waals surface area contributed by atoms with Gasteiger partial charge in [-0.1, -0.05) is 0 Å². The zero-order valence-electron chi connectivity index (χ0n) is 8.86. The summed E-state index contributed by atoms with van der Waals surface area (Å²) >= 11 is 2.00. The molecule has 3 atom stereocenters. The molecule has 0 aromatic heterocycles. The highest BCUT2D eigenvalue weighted by Gasteiger charge is 2.55. The smallest absolute Gasteiger partial charge is 0.109 e. The quantitative estimate of drug-likeness (QED) is 0.778. The molecular formula is C11H18INO2. The molecule has 0 spiro atoms. The minimum Gasteiger partial charge on any atom is -0.395 e. The van der Waals surface area contributed by atoms with E-state index in [0.717, 1.165) is 25.0 Å². The van der Waals surface area contributed by atoms with Crippen molar-refractivity contribution in [2.24, 2.45) is 17.3 Å². The molecule has 1 heterocycles. The van der Waals surface area contributed by atoms with E-state index < -0.39 is 0 Å². The Morgan fingerprint density at radius 3 is 2.87 bits per heavy atom. The van der Waals surface area contributed by atoms with Crippen LogP contribution in [0.15, 0.2) is 0 Å². The number of aliphatic hydroxyl groups excluding tert-OH is 1. The van der Waals surface area contributed by atoms with Crippen LogP contribution >= 0.6 is 23.0 Å². The molecule has 15 heavy (non-hydrogen) atoms. The fraction of sp³-hybridized carbons (Fsp3) is 1.00. The lowest BCUT2D eigenvalue weighted by atomic mass is 10.1. The molecule has 0 bridgehead atoms. The van der Waals surface area contributed by atoms with Gasteiger partial charge in [-0.15, -0.1) is 0 Å². The molecule has 3 aliphatic rings. The van der Waals surface area contributed by atoms with Gasteiger partial charge < -0.3 is 8.17 Å². The molecule has 1 N–H and O–H groups in total. The lowest BCUT2D eigenvalue weighted by Crippen LogP contribution is -2.40. The van der Waals surface area contributed by atoms with Gasteiger partial charge in [-0.25, -0.2) is 0 Å². The van der Waals surface area contributed by atoms with Crippen molar-refractivity contribution in [3.63, 3.8) is 0 Å². The predicted octanol–water partition coefficient (Wildman–Crippen LogP) is 1.45. The number of fused-ring (bicyclic) bond motifs is 1. The summed E-state index contributed by atoms with van der Waals surface area (Å²) in [6, 6.07) is 0.460. The Hall–Kier alpha value is 0.610. The molecule has 3 unspecified atom stereocenters. The van der Waals surface area contributed by atoms with Gasteiger partial charge in [0.05, 0.1) is 13.2 Å². The summed E-state index contributed by atoms with van der Waals surface area (Å²) < 4.78 is 5.27. The highest BCUT2D eigenvalue weighted by molar-refractivity contribution is 14.1. The van der Waals surface area contributed by atoms with Crippen molar-refractivity contribution in [3.8, 4) is 0 Å². The highest BCUT2D eigenvalue weighted by Crippen LogP contribution is 2.53. The second kappa shape index (κ2) is 3.82. The summed E-state index contributed by atoms with van der Waals surface area (Å²) in [6.45, 7) is 3.60. The molecule has 2 saturated carbocycles. The molecule has 4 heteroatoms. The lowest BCUT2D eigenvalue weighted by Gasteiger charge is -2.29. The summed E-state index contributed by atoms with van der Waals surface area (Å²) in [6.07, 6.45) is 3.97. The number of hydrogen-bond acceptors (Lipinski definition) is 3. The van der Waals surface area contributed by atoms with Gasteiger partial charge in [-0.2, -0.15) is 0 Å². The van der Waals surface area contributed by atoms with Crippen LogP contribution in [0.3, 0.4) is 0 Å². The molecule has 0 aromatic carbocycles. The molecule has 1 saturated heterocycles. The first-order valence-corrected chi connectivity index (χ1v) is 6.74. The number of aliphatic hydroxyl groups is 1. The molecule has 3 rings (SSSR count). The van der Waals surface area contributed by atoms with E-state index in [9.17, 15) is 5.11 Å². The summed E-state index contributed by atoms with van der Waals surface area (Å²) in [7, 11) is 0. The first-order valence-electron chi connectivity index (χ1n) is 5.86. The summed E-state index contributed by atoms with van der Waals surface area (Å²) in [4.78, 5) is 2.52. The molecular weight excluding hydrogens is 305 g/mol. The number of rotatable bonds is 5. The summed E-state index contributed by atoms with van der Waals surface area (Å²) in [5, 5.41) is 9.41. The number of hydrogen-bond donors (Lipinski definition) is 1. The third-order valence-corrected chi connectivity index (χ3v) is 4.76. The first kappa shape index (κ1) is 10.7. The number of nitrogens with zero attached hydrogens (tertiary/aromatic N) is 1. The average molecular weight is 323 g/mol. The largest absolute Gasteiger partial charge is 0.395 e. The van der Waals surface area contributed by atoms with Crippen molar-refractivity contribution in [1.82, 2.24) is 4.90 Å². The Morgan fingerprint density at radius 1 is 1.47 bits per heavy atom. The fourth-order valence-corrected chi connectivity index (χ4v) is 3.82. The van der Waals surface area contributed by atoms with Crippen LogP contribution in [0, 0.1) is 17.3 Å². The molecule has 86 valence electrons. The van der Waals surface area contributed by atoms with E-state index in [2.05, 4.69) is 4.90 Å². The van der Waals surface area contributed by atoms with E-state index in [1.54, 1.807) is 0 Å². The highest BCUT2D eigenvalue weighted by atomic mass is 127. The van der Waals surface area contributed by atoms with Crippen LogP contribution in [0.1, 0.15) is 19.3 Å². The van der Waals surface area contributed by atoms with Crippen LogP contribution in [-0.2, 0) is 3.07 Å². The van der Waals surface area contributed by atoms with Crippen LogP contribution < -0.4 is 0 Å². The monoisotopic (exact) mass is 323 g/mol. The minimum atomic E-state index is 0.350.